The van der Waals surface area contributed by atoms with Crippen molar-refractivity contribution in [3.63, 3.8) is 0 Å². The first kappa shape index (κ1) is 21.4. The Labute approximate surface area is 185 Å². The summed E-state index contributed by atoms with van der Waals surface area (Å²) in [5.41, 5.74) is 8.10. The van der Waals surface area contributed by atoms with E-state index < -0.39 is 6.03 Å². The van der Waals surface area contributed by atoms with Gasteiger partial charge in [0.15, 0.2) is 5.65 Å². The number of carbonyl (C=O) groups excluding carboxylic acids is 2. The monoisotopic (exact) mass is 437 g/mol. The molecule has 1 fully saturated rings. The average Bonchev–Trinajstić information content (AvgIpc) is 3.23. The van der Waals surface area contributed by atoms with E-state index in [0.717, 1.165) is 23.8 Å². The maximum absolute atomic E-state index is 13.1. The number of piperidine rings is 1. The maximum Gasteiger partial charge on any atom is 0.314 e. The number of aryl methyl sites for hydroxylation is 1. The van der Waals surface area contributed by atoms with Gasteiger partial charge in [-0.25, -0.2) is 14.5 Å². The van der Waals surface area contributed by atoms with Gasteiger partial charge in [0.1, 0.15) is 5.75 Å². The first-order valence-electron chi connectivity index (χ1n) is 10.7. The van der Waals surface area contributed by atoms with E-state index in [1.807, 2.05) is 6.92 Å². The summed E-state index contributed by atoms with van der Waals surface area (Å²) >= 11 is 0. The van der Waals surface area contributed by atoms with Crippen LogP contribution in [0.25, 0.3) is 11.0 Å². The molecule has 3 amide bonds. The number of amides is 3. The van der Waals surface area contributed by atoms with Crippen LogP contribution in [-0.2, 0) is 13.1 Å². The molecule has 2 aromatic heterocycles. The number of aromatic hydroxyl groups is 1. The number of phenols is 1. The van der Waals surface area contributed by atoms with Crippen LogP contribution in [0.4, 0.5) is 10.5 Å². The molecule has 10 nitrogen and oxygen atoms in total. The minimum atomic E-state index is -0.409. The number of anilines is 1. The van der Waals surface area contributed by atoms with Gasteiger partial charge >= 0.3 is 6.03 Å². The van der Waals surface area contributed by atoms with Crippen molar-refractivity contribution in [2.75, 3.05) is 18.4 Å². The van der Waals surface area contributed by atoms with Crippen LogP contribution < -0.4 is 16.4 Å². The number of nitrogens with zero attached hydrogens (tertiary/aromatic N) is 4. The highest BCUT2D eigenvalue weighted by atomic mass is 16.3. The van der Waals surface area contributed by atoms with Gasteiger partial charge in [0.25, 0.3) is 5.91 Å². The standard InChI is InChI=1S/C22H27N7O3/c1-2-29-20-17(13-26-29)19(27-15-7-9-28(10-8-15)22(23)32)18(12-24-20)21(31)25-11-14-3-5-16(30)6-4-14/h3-6,12-13,15,30H,2,7-11H2,1H3,(H2,23,32)(H,24,27)(H,25,31). The van der Waals surface area contributed by atoms with Crippen molar-refractivity contribution < 1.29 is 14.7 Å². The molecule has 10 heteroatoms. The number of urea groups is 1. The molecule has 1 aromatic carbocycles. The Morgan fingerprint density at radius 3 is 2.56 bits per heavy atom. The summed E-state index contributed by atoms with van der Waals surface area (Å²) < 4.78 is 1.79. The number of primary amides is 1. The summed E-state index contributed by atoms with van der Waals surface area (Å²) in [6, 6.07) is 6.36. The van der Waals surface area contributed by atoms with E-state index in [1.54, 1.807) is 46.2 Å². The molecule has 0 atom stereocenters. The van der Waals surface area contributed by atoms with Crippen LogP contribution in [0.15, 0.2) is 36.7 Å². The molecular weight excluding hydrogens is 410 g/mol. The topological polar surface area (TPSA) is 138 Å². The van der Waals surface area contributed by atoms with Gasteiger partial charge in [-0.3, -0.25) is 4.79 Å². The summed E-state index contributed by atoms with van der Waals surface area (Å²) in [6.45, 7) is 4.11. The molecule has 0 saturated carbocycles. The number of rotatable bonds is 6. The fourth-order valence-electron chi connectivity index (χ4n) is 3.93. The fourth-order valence-corrected chi connectivity index (χ4v) is 3.93. The Hall–Kier alpha value is -3.82. The van der Waals surface area contributed by atoms with Crippen molar-refractivity contribution >= 4 is 28.7 Å². The van der Waals surface area contributed by atoms with Crippen molar-refractivity contribution in [3.05, 3.63) is 47.8 Å². The van der Waals surface area contributed by atoms with E-state index in [4.69, 9.17) is 5.73 Å². The number of phenolic OH excluding ortho intramolecular Hbond substituents is 1. The minimum Gasteiger partial charge on any atom is -0.508 e. The van der Waals surface area contributed by atoms with E-state index >= 15 is 0 Å². The number of fused-ring (bicyclic) bond motifs is 1. The quantitative estimate of drug-likeness (QED) is 0.466. The van der Waals surface area contributed by atoms with Crippen LogP contribution in [0.5, 0.6) is 5.75 Å². The van der Waals surface area contributed by atoms with Gasteiger partial charge < -0.3 is 26.4 Å². The lowest BCUT2D eigenvalue weighted by Crippen LogP contribution is -2.44. The third-order valence-corrected chi connectivity index (χ3v) is 5.75. The van der Waals surface area contributed by atoms with Crippen LogP contribution in [-0.4, -0.2) is 55.8 Å². The number of nitrogens with two attached hydrogens (primary N) is 1. The van der Waals surface area contributed by atoms with Crippen LogP contribution in [0.1, 0.15) is 35.7 Å². The molecule has 1 saturated heterocycles. The Bertz CT molecular complexity index is 1120. The highest BCUT2D eigenvalue weighted by molar-refractivity contribution is 6.06. The van der Waals surface area contributed by atoms with Gasteiger partial charge in [-0.05, 0) is 37.5 Å². The molecule has 32 heavy (non-hydrogen) atoms. The second kappa shape index (κ2) is 9.13. The molecule has 0 bridgehead atoms. The fraction of sp³-hybridized carbons (Fsp3) is 0.364. The number of likely N-dealkylation sites (tertiary alicyclic amines) is 1. The number of hydrogen-bond donors (Lipinski definition) is 4. The third-order valence-electron chi connectivity index (χ3n) is 5.75. The minimum absolute atomic E-state index is 0.0878. The molecule has 3 aromatic rings. The SMILES string of the molecule is CCn1ncc2c(NC3CCN(C(N)=O)CC3)c(C(=O)NCc3ccc(O)cc3)cnc21. The predicted molar refractivity (Wildman–Crippen MR) is 120 cm³/mol. The van der Waals surface area contributed by atoms with Crippen molar-refractivity contribution in [1.29, 1.82) is 0 Å². The van der Waals surface area contributed by atoms with Crippen LogP contribution in [0.2, 0.25) is 0 Å². The van der Waals surface area contributed by atoms with Crippen molar-refractivity contribution in [1.82, 2.24) is 25.0 Å². The number of carbonyl (C=O) groups is 2. The van der Waals surface area contributed by atoms with Gasteiger partial charge in [0, 0.05) is 38.4 Å². The summed E-state index contributed by atoms with van der Waals surface area (Å²) in [7, 11) is 0. The molecule has 1 aliphatic rings. The molecule has 168 valence electrons. The van der Waals surface area contributed by atoms with Crippen molar-refractivity contribution in [3.8, 4) is 5.75 Å². The molecule has 1 aliphatic heterocycles. The van der Waals surface area contributed by atoms with E-state index in [1.165, 1.54) is 0 Å². The van der Waals surface area contributed by atoms with E-state index in [0.29, 0.717) is 43.1 Å². The lowest BCUT2D eigenvalue weighted by molar-refractivity contribution is 0.0951. The lowest BCUT2D eigenvalue weighted by atomic mass is 10.0. The molecule has 4 rings (SSSR count). The molecule has 5 N–H and O–H groups in total. The zero-order valence-electron chi connectivity index (χ0n) is 17.9. The zero-order valence-corrected chi connectivity index (χ0v) is 17.9. The van der Waals surface area contributed by atoms with E-state index in [9.17, 15) is 14.7 Å². The number of aromatic nitrogens is 3. The first-order chi connectivity index (χ1) is 15.5. The summed E-state index contributed by atoms with van der Waals surface area (Å²) in [5.74, 6) is -0.0784. The summed E-state index contributed by atoms with van der Waals surface area (Å²) in [5, 5.41) is 21.0. The number of benzene rings is 1. The van der Waals surface area contributed by atoms with Gasteiger partial charge in [0.2, 0.25) is 0 Å². The van der Waals surface area contributed by atoms with Gasteiger partial charge in [0.05, 0.1) is 22.8 Å². The Kier molecular flexibility index (Phi) is 6.11. The molecular formula is C22H27N7O3. The van der Waals surface area contributed by atoms with Crippen molar-refractivity contribution in [2.24, 2.45) is 5.73 Å². The normalized spacial score (nSPS) is 14.5. The maximum atomic E-state index is 13.1. The number of hydrogen-bond acceptors (Lipinski definition) is 6. The number of pyridine rings is 1. The molecule has 0 radical (unpaired) electrons. The highest BCUT2D eigenvalue weighted by Crippen LogP contribution is 2.28. The highest BCUT2D eigenvalue weighted by Gasteiger charge is 2.25. The third kappa shape index (κ3) is 4.43. The van der Waals surface area contributed by atoms with E-state index in [2.05, 4.69) is 20.7 Å². The van der Waals surface area contributed by atoms with Gasteiger partial charge in [-0.1, -0.05) is 12.1 Å². The number of nitrogens with one attached hydrogen (secondary N) is 2. The zero-order chi connectivity index (χ0) is 22.7. The molecule has 0 spiro atoms. The van der Waals surface area contributed by atoms with Crippen LogP contribution in [0.3, 0.4) is 0 Å². The molecule has 3 heterocycles. The van der Waals surface area contributed by atoms with E-state index in [-0.39, 0.29) is 17.7 Å². The summed E-state index contributed by atoms with van der Waals surface area (Å²) in [6.07, 6.45) is 4.75. The molecule has 0 aliphatic carbocycles. The largest absolute Gasteiger partial charge is 0.508 e. The Morgan fingerprint density at radius 2 is 1.91 bits per heavy atom. The molecule has 0 unspecified atom stereocenters. The summed E-state index contributed by atoms with van der Waals surface area (Å²) in [4.78, 5) is 30.6. The lowest BCUT2D eigenvalue weighted by Gasteiger charge is -2.32. The van der Waals surface area contributed by atoms with Crippen LogP contribution in [0, 0.1) is 0 Å². The predicted octanol–water partition coefficient (Wildman–Crippen LogP) is 2.04. The second-order valence-electron chi connectivity index (χ2n) is 7.84. The van der Waals surface area contributed by atoms with Gasteiger partial charge in [-0.2, -0.15) is 5.10 Å². The van der Waals surface area contributed by atoms with Gasteiger partial charge in [-0.15, -0.1) is 0 Å². The van der Waals surface area contributed by atoms with Crippen molar-refractivity contribution in [2.45, 2.75) is 38.9 Å². The second-order valence-corrected chi connectivity index (χ2v) is 7.84. The Balaban J connectivity index is 1.58. The Morgan fingerprint density at radius 1 is 1.19 bits per heavy atom. The smallest absolute Gasteiger partial charge is 0.314 e. The first-order valence-corrected chi connectivity index (χ1v) is 10.7. The average molecular weight is 438 g/mol. The van der Waals surface area contributed by atoms with Crippen LogP contribution >= 0.6 is 0 Å².